The van der Waals surface area contributed by atoms with E-state index in [1.807, 2.05) is 36.7 Å². The molecule has 0 aliphatic heterocycles. The Kier molecular flexibility index (Phi) is 5.78. The second-order valence-electron chi connectivity index (χ2n) is 5.96. The molecule has 0 saturated heterocycles. The number of hydrogen-bond donors (Lipinski definition) is 0. The van der Waals surface area contributed by atoms with Gasteiger partial charge in [-0.05, 0) is 37.4 Å². The van der Waals surface area contributed by atoms with Gasteiger partial charge < -0.3 is 0 Å². The maximum Gasteiger partial charge on any atom is 0.269 e. The Hall–Kier alpha value is -2.84. The molecule has 0 bridgehead atoms. The van der Waals surface area contributed by atoms with Crippen molar-refractivity contribution in [2.24, 2.45) is 10.1 Å². The van der Waals surface area contributed by atoms with Crippen LogP contribution in [0.1, 0.15) is 18.7 Å². The molecule has 1 aromatic carbocycles. The molecular weight excluding hydrogens is 380 g/mol. The van der Waals surface area contributed by atoms with Crippen molar-refractivity contribution in [3.63, 3.8) is 0 Å². The Morgan fingerprint density at radius 1 is 1.22 bits per heavy atom. The van der Waals surface area contributed by atoms with Gasteiger partial charge in [0.1, 0.15) is 0 Å². The van der Waals surface area contributed by atoms with E-state index in [2.05, 4.69) is 11.6 Å². The van der Waals surface area contributed by atoms with Gasteiger partial charge in [0.25, 0.3) is 5.69 Å². The fraction of sp³-hybridized carbons (Fsp3) is 0.158. The first-order valence-corrected chi connectivity index (χ1v) is 9.91. The average Bonchev–Trinajstić information content (AvgIpc) is 3.30. The highest BCUT2D eigenvalue weighted by Gasteiger charge is 2.11. The molecular formula is C19H18N4O2S2. The maximum atomic E-state index is 10.9. The Balaban J connectivity index is 2.11. The van der Waals surface area contributed by atoms with Crippen LogP contribution in [0, 0.1) is 10.1 Å². The molecule has 27 heavy (non-hydrogen) atoms. The Bertz CT molecular complexity index is 1060. The normalized spacial score (nSPS) is 12.4. The second-order valence-corrected chi connectivity index (χ2v) is 7.74. The fourth-order valence-electron chi connectivity index (χ4n) is 2.34. The molecule has 0 spiro atoms. The summed E-state index contributed by atoms with van der Waals surface area (Å²) in [5.74, 6) is 0. The minimum absolute atomic E-state index is 0.0611. The number of aromatic nitrogens is 1. The van der Waals surface area contributed by atoms with E-state index in [9.17, 15) is 10.1 Å². The molecule has 3 rings (SSSR count). The fourth-order valence-corrected chi connectivity index (χ4v) is 3.85. The molecule has 138 valence electrons. The van der Waals surface area contributed by atoms with Crippen LogP contribution in [0.5, 0.6) is 0 Å². The molecule has 0 amide bonds. The summed E-state index contributed by atoms with van der Waals surface area (Å²) in [6.07, 6.45) is 0. The highest BCUT2D eigenvalue weighted by atomic mass is 32.1. The van der Waals surface area contributed by atoms with E-state index >= 15 is 0 Å². The van der Waals surface area contributed by atoms with Crippen LogP contribution in [0.25, 0.3) is 11.3 Å². The molecule has 0 radical (unpaired) electrons. The summed E-state index contributed by atoms with van der Waals surface area (Å²) in [6.45, 7) is 8.30. The van der Waals surface area contributed by atoms with Crippen molar-refractivity contribution in [3.8, 4) is 11.3 Å². The number of non-ortho nitro benzene ring substituents is 1. The molecule has 0 N–H and O–H groups in total. The van der Waals surface area contributed by atoms with Gasteiger partial charge >= 0.3 is 0 Å². The Morgan fingerprint density at radius 3 is 2.56 bits per heavy atom. The number of nitro groups is 1. The predicted octanol–water partition coefficient (Wildman–Crippen LogP) is 4.94. The van der Waals surface area contributed by atoms with Gasteiger partial charge in [-0.1, -0.05) is 18.2 Å². The summed E-state index contributed by atoms with van der Waals surface area (Å²) in [5, 5.41) is 19.6. The summed E-state index contributed by atoms with van der Waals surface area (Å²) >= 11 is 3.10. The molecule has 0 saturated carbocycles. The molecule has 6 nitrogen and oxygen atoms in total. The zero-order valence-electron chi connectivity index (χ0n) is 15.0. The maximum absolute atomic E-state index is 10.9. The lowest BCUT2D eigenvalue weighted by Crippen LogP contribution is -2.14. The quantitative estimate of drug-likeness (QED) is 0.255. The molecule has 2 heterocycles. The van der Waals surface area contributed by atoms with Gasteiger partial charge in [0.05, 0.1) is 27.8 Å². The lowest BCUT2D eigenvalue weighted by atomic mass is 10.1. The molecule has 8 heteroatoms. The molecule has 0 aliphatic carbocycles. The lowest BCUT2D eigenvalue weighted by molar-refractivity contribution is -0.384. The summed E-state index contributed by atoms with van der Waals surface area (Å²) < 4.78 is 1.80. The van der Waals surface area contributed by atoms with Crippen LogP contribution in [0.3, 0.4) is 0 Å². The van der Waals surface area contributed by atoms with Gasteiger partial charge in [0, 0.05) is 23.1 Å². The number of benzene rings is 1. The number of thiazole rings is 1. The zero-order valence-corrected chi connectivity index (χ0v) is 16.6. The molecule has 0 aliphatic rings. The lowest BCUT2D eigenvalue weighted by Gasteiger charge is -2.05. The SMILES string of the molecule is C=C(C)CN=c1scc(-c2ccc([N+](=O)[O-])cc2)n1N=C(C)c1cccs1. The van der Waals surface area contributed by atoms with E-state index in [-0.39, 0.29) is 5.69 Å². The molecule has 0 fully saturated rings. The number of nitrogens with zero attached hydrogens (tertiary/aromatic N) is 4. The topological polar surface area (TPSA) is 72.8 Å². The zero-order chi connectivity index (χ0) is 19.4. The van der Waals surface area contributed by atoms with Crippen molar-refractivity contribution in [2.75, 3.05) is 6.54 Å². The third kappa shape index (κ3) is 4.47. The van der Waals surface area contributed by atoms with Crippen LogP contribution in [-0.2, 0) is 0 Å². The molecule has 0 unspecified atom stereocenters. The van der Waals surface area contributed by atoms with Gasteiger partial charge in [-0.3, -0.25) is 15.1 Å². The molecule has 3 aromatic rings. The Morgan fingerprint density at radius 2 is 1.96 bits per heavy atom. The number of hydrogen-bond acceptors (Lipinski definition) is 6. The van der Waals surface area contributed by atoms with Crippen molar-refractivity contribution < 1.29 is 4.92 Å². The summed E-state index contributed by atoms with van der Waals surface area (Å²) in [4.78, 5) is 16.9. The van der Waals surface area contributed by atoms with E-state index in [1.54, 1.807) is 28.1 Å². The predicted molar refractivity (Wildman–Crippen MR) is 112 cm³/mol. The second kappa shape index (κ2) is 8.24. The van der Waals surface area contributed by atoms with Crippen molar-refractivity contribution in [3.05, 3.63) is 79.1 Å². The first kappa shape index (κ1) is 18.9. The smallest absolute Gasteiger partial charge is 0.258 e. The average molecular weight is 399 g/mol. The van der Waals surface area contributed by atoms with E-state index < -0.39 is 4.92 Å². The monoisotopic (exact) mass is 398 g/mol. The van der Waals surface area contributed by atoms with Gasteiger partial charge in [-0.25, -0.2) is 4.68 Å². The van der Waals surface area contributed by atoms with Crippen LogP contribution in [0.2, 0.25) is 0 Å². The third-order valence-electron chi connectivity index (χ3n) is 3.67. The van der Waals surface area contributed by atoms with E-state index in [1.165, 1.54) is 23.5 Å². The standard InChI is InChI=1S/C19H18N4O2S2/c1-13(2)11-20-19-22(21-14(3)18-5-4-10-26-18)17(12-27-19)15-6-8-16(9-7-15)23(24)25/h4-10,12H,1,11H2,2-3H3. The highest BCUT2D eigenvalue weighted by Crippen LogP contribution is 2.23. The number of thiophene rings is 1. The van der Waals surface area contributed by atoms with Crippen molar-refractivity contribution in [2.45, 2.75) is 13.8 Å². The minimum Gasteiger partial charge on any atom is -0.258 e. The van der Waals surface area contributed by atoms with Crippen molar-refractivity contribution in [1.82, 2.24) is 4.68 Å². The van der Waals surface area contributed by atoms with E-state index in [4.69, 9.17) is 5.10 Å². The first-order chi connectivity index (χ1) is 13.0. The van der Waals surface area contributed by atoms with Crippen LogP contribution in [0.4, 0.5) is 5.69 Å². The third-order valence-corrected chi connectivity index (χ3v) is 5.50. The number of rotatable bonds is 6. The van der Waals surface area contributed by atoms with E-state index in [0.717, 1.165) is 32.2 Å². The largest absolute Gasteiger partial charge is 0.269 e. The molecule has 0 atom stereocenters. The van der Waals surface area contributed by atoms with E-state index in [0.29, 0.717) is 6.54 Å². The summed E-state index contributed by atoms with van der Waals surface area (Å²) in [6, 6.07) is 10.5. The van der Waals surface area contributed by atoms with Crippen LogP contribution in [-0.4, -0.2) is 21.9 Å². The van der Waals surface area contributed by atoms with Gasteiger partial charge in [-0.15, -0.1) is 22.7 Å². The van der Waals surface area contributed by atoms with Gasteiger partial charge in [-0.2, -0.15) is 5.10 Å². The van der Waals surface area contributed by atoms with Crippen molar-refractivity contribution in [1.29, 1.82) is 0 Å². The summed E-state index contributed by atoms with van der Waals surface area (Å²) in [5.41, 5.74) is 3.59. The summed E-state index contributed by atoms with van der Waals surface area (Å²) in [7, 11) is 0. The first-order valence-electron chi connectivity index (χ1n) is 8.15. The Labute approximate surface area is 164 Å². The van der Waals surface area contributed by atoms with Crippen LogP contribution in [0.15, 0.2) is 69.4 Å². The van der Waals surface area contributed by atoms with Crippen LogP contribution < -0.4 is 4.80 Å². The molecule has 2 aromatic heterocycles. The highest BCUT2D eigenvalue weighted by molar-refractivity contribution is 7.12. The minimum atomic E-state index is -0.405. The van der Waals surface area contributed by atoms with Gasteiger partial charge in [0.2, 0.25) is 4.80 Å². The van der Waals surface area contributed by atoms with Crippen molar-refractivity contribution >= 4 is 34.1 Å². The number of nitro benzene ring substituents is 1. The van der Waals surface area contributed by atoms with Gasteiger partial charge in [0.15, 0.2) is 0 Å². The van der Waals surface area contributed by atoms with Crippen LogP contribution >= 0.6 is 22.7 Å².